The standard InChI is InChI=1S/C54H39NOSi/c1-5-15-40(16-6-1)41-25-31-44(32-26-41)55(46-35-38-52-51-23-13-14-24-53(51)56-54(52)39-46)45-33-27-42(28-34-45)43-29-36-50(37-30-43)57(47-17-7-2-8-18-47,48-19-9-3-10-20-48)49-21-11-4-12-22-49/h1-39H. The molecule has 0 fully saturated rings. The molecule has 0 N–H and O–H groups in total. The highest BCUT2D eigenvalue weighted by Crippen LogP contribution is 2.39. The molecule has 1 heterocycles. The lowest BCUT2D eigenvalue weighted by Crippen LogP contribution is -2.74. The number of benzene rings is 9. The summed E-state index contributed by atoms with van der Waals surface area (Å²) < 4.78 is 6.36. The second-order valence-corrected chi connectivity index (χ2v) is 18.3. The summed E-state index contributed by atoms with van der Waals surface area (Å²) in [5.41, 5.74) is 9.69. The van der Waals surface area contributed by atoms with Gasteiger partial charge in [-0.1, -0.05) is 188 Å². The molecular formula is C54H39NOSi. The summed E-state index contributed by atoms with van der Waals surface area (Å²) in [7, 11) is -2.59. The molecule has 0 atom stereocenters. The molecule has 0 aliphatic heterocycles. The van der Waals surface area contributed by atoms with Crippen molar-refractivity contribution in [3.63, 3.8) is 0 Å². The van der Waals surface area contributed by atoms with E-state index < -0.39 is 8.07 Å². The molecule has 0 aliphatic rings. The Hall–Kier alpha value is -7.20. The van der Waals surface area contributed by atoms with Gasteiger partial charge >= 0.3 is 0 Å². The predicted octanol–water partition coefficient (Wildman–Crippen LogP) is 11.8. The van der Waals surface area contributed by atoms with Gasteiger partial charge in [0.2, 0.25) is 0 Å². The smallest absolute Gasteiger partial charge is 0.179 e. The monoisotopic (exact) mass is 745 g/mol. The van der Waals surface area contributed by atoms with E-state index in [0.29, 0.717) is 0 Å². The highest BCUT2D eigenvalue weighted by atomic mass is 28.3. The second-order valence-electron chi connectivity index (χ2n) is 14.5. The maximum Gasteiger partial charge on any atom is 0.179 e. The van der Waals surface area contributed by atoms with Crippen molar-refractivity contribution < 1.29 is 4.42 Å². The van der Waals surface area contributed by atoms with Crippen molar-refractivity contribution in [1.82, 2.24) is 0 Å². The van der Waals surface area contributed by atoms with Crippen molar-refractivity contribution in [3.05, 3.63) is 237 Å². The Morgan fingerprint density at radius 3 is 1.16 bits per heavy atom. The summed E-state index contributed by atoms with van der Waals surface area (Å²) in [6, 6.07) is 85.7. The zero-order chi connectivity index (χ0) is 38.0. The average Bonchev–Trinajstić information content (AvgIpc) is 3.67. The van der Waals surface area contributed by atoms with Gasteiger partial charge in [0.1, 0.15) is 11.2 Å². The first-order chi connectivity index (χ1) is 28.3. The number of hydrogen-bond donors (Lipinski definition) is 0. The van der Waals surface area contributed by atoms with Crippen LogP contribution in [0, 0.1) is 0 Å². The Morgan fingerprint density at radius 2 is 0.649 bits per heavy atom. The molecule has 10 aromatic rings. The van der Waals surface area contributed by atoms with E-state index in [1.54, 1.807) is 0 Å². The normalized spacial score (nSPS) is 11.5. The SMILES string of the molecule is c1ccc(-c2ccc(N(c3ccc(-c4ccc([Si](c5ccccc5)(c5ccccc5)c5ccccc5)cc4)cc3)c3ccc4c(c3)oc3ccccc34)cc2)cc1. The Labute approximate surface area is 334 Å². The van der Waals surface area contributed by atoms with E-state index in [0.717, 1.165) is 39.0 Å². The van der Waals surface area contributed by atoms with E-state index in [9.17, 15) is 0 Å². The van der Waals surface area contributed by atoms with Crippen LogP contribution in [0.25, 0.3) is 44.2 Å². The summed E-state index contributed by atoms with van der Waals surface area (Å²) in [6.45, 7) is 0. The van der Waals surface area contributed by atoms with Crippen molar-refractivity contribution in [3.8, 4) is 22.3 Å². The molecule has 57 heavy (non-hydrogen) atoms. The third kappa shape index (κ3) is 6.25. The lowest BCUT2D eigenvalue weighted by Gasteiger charge is -2.34. The Morgan fingerprint density at radius 1 is 0.281 bits per heavy atom. The minimum absolute atomic E-state index is 0.873. The number of para-hydroxylation sites is 1. The van der Waals surface area contributed by atoms with E-state index in [1.807, 2.05) is 12.1 Å². The number of furan rings is 1. The number of fused-ring (bicyclic) bond motifs is 3. The summed E-state index contributed by atoms with van der Waals surface area (Å²) in [5, 5.41) is 7.72. The lowest BCUT2D eigenvalue weighted by molar-refractivity contribution is 0.669. The van der Waals surface area contributed by atoms with Gasteiger partial charge in [0.05, 0.1) is 0 Å². The quantitative estimate of drug-likeness (QED) is 0.108. The predicted molar refractivity (Wildman–Crippen MR) is 243 cm³/mol. The van der Waals surface area contributed by atoms with Crippen molar-refractivity contribution in [1.29, 1.82) is 0 Å². The zero-order valence-electron chi connectivity index (χ0n) is 31.4. The van der Waals surface area contributed by atoms with Crippen LogP contribution in [0.15, 0.2) is 241 Å². The molecule has 0 aliphatic carbocycles. The summed E-state index contributed by atoms with van der Waals surface area (Å²) in [5.74, 6) is 0. The Balaban J connectivity index is 1.04. The first kappa shape index (κ1) is 34.3. The largest absolute Gasteiger partial charge is 0.456 e. The number of anilines is 3. The first-order valence-corrected chi connectivity index (χ1v) is 21.5. The molecule has 0 radical (unpaired) electrons. The maximum absolute atomic E-state index is 6.36. The van der Waals surface area contributed by atoms with Gasteiger partial charge in [-0.3, -0.25) is 0 Å². The maximum atomic E-state index is 6.36. The molecule has 0 bridgehead atoms. The van der Waals surface area contributed by atoms with Crippen molar-refractivity contribution in [2.24, 2.45) is 0 Å². The van der Waals surface area contributed by atoms with Gasteiger partial charge in [0.15, 0.2) is 8.07 Å². The van der Waals surface area contributed by atoms with Crippen molar-refractivity contribution in [2.45, 2.75) is 0 Å². The minimum Gasteiger partial charge on any atom is -0.456 e. The van der Waals surface area contributed by atoms with Gasteiger partial charge in [0, 0.05) is 33.9 Å². The molecule has 270 valence electrons. The van der Waals surface area contributed by atoms with E-state index in [1.165, 1.54) is 43.0 Å². The van der Waals surface area contributed by atoms with Crippen LogP contribution in [0.4, 0.5) is 17.1 Å². The molecule has 9 aromatic carbocycles. The van der Waals surface area contributed by atoms with Crippen LogP contribution in [0.2, 0.25) is 0 Å². The fraction of sp³-hybridized carbons (Fsp3) is 0. The highest BCUT2D eigenvalue weighted by molar-refractivity contribution is 7.19. The average molecular weight is 746 g/mol. The van der Waals surface area contributed by atoms with Gasteiger partial charge in [-0.25, -0.2) is 0 Å². The molecule has 0 amide bonds. The van der Waals surface area contributed by atoms with Crippen LogP contribution in [-0.4, -0.2) is 8.07 Å². The van der Waals surface area contributed by atoms with E-state index in [-0.39, 0.29) is 0 Å². The number of rotatable bonds is 9. The van der Waals surface area contributed by atoms with Crippen LogP contribution >= 0.6 is 0 Å². The second kappa shape index (κ2) is 14.8. The fourth-order valence-corrected chi connectivity index (χ4v) is 13.3. The van der Waals surface area contributed by atoms with Gasteiger partial charge in [0.25, 0.3) is 0 Å². The first-order valence-electron chi connectivity index (χ1n) is 19.5. The molecule has 2 nitrogen and oxygen atoms in total. The van der Waals surface area contributed by atoms with Crippen molar-refractivity contribution >= 4 is 67.8 Å². The van der Waals surface area contributed by atoms with Crippen LogP contribution in [0.3, 0.4) is 0 Å². The van der Waals surface area contributed by atoms with Crippen LogP contribution in [0.5, 0.6) is 0 Å². The van der Waals surface area contributed by atoms with Gasteiger partial charge in [-0.15, -0.1) is 0 Å². The van der Waals surface area contributed by atoms with Crippen LogP contribution in [0.1, 0.15) is 0 Å². The Bertz CT molecular complexity index is 2810. The van der Waals surface area contributed by atoms with E-state index in [2.05, 4.69) is 229 Å². The summed E-state index contributed by atoms with van der Waals surface area (Å²) in [4.78, 5) is 2.31. The number of nitrogens with zero attached hydrogens (tertiary/aromatic N) is 1. The fourth-order valence-electron chi connectivity index (χ4n) is 8.51. The molecular weight excluding hydrogens is 707 g/mol. The number of hydrogen-bond acceptors (Lipinski definition) is 2. The molecule has 3 heteroatoms. The van der Waals surface area contributed by atoms with Gasteiger partial charge < -0.3 is 9.32 Å². The highest BCUT2D eigenvalue weighted by Gasteiger charge is 2.41. The van der Waals surface area contributed by atoms with Crippen molar-refractivity contribution in [2.75, 3.05) is 4.90 Å². The topological polar surface area (TPSA) is 16.4 Å². The molecule has 1 aromatic heterocycles. The van der Waals surface area contributed by atoms with E-state index >= 15 is 0 Å². The molecule has 0 spiro atoms. The van der Waals surface area contributed by atoms with E-state index in [4.69, 9.17) is 4.42 Å². The van der Waals surface area contributed by atoms with Gasteiger partial charge in [-0.05, 0) is 85.5 Å². The molecule has 10 rings (SSSR count). The zero-order valence-corrected chi connectivity index (χ0v) is 32.4. The molecule has 0 unspecified atom stereocenters. The van der Waals surface area contributed by atoms with Crippen LogP contribution in [-0.2, 0) is 0 Å². The van der Waals surface area contributed by atoms with Gasteiger partial charge in [-0.2, -0.15) is 0 Å². The summed E-state index contributed by atoms with van der Waals surface area (Å²) in [6.07, 6.45) is 0. The third-order valence-corrected chi connectivity index (χ3v) is 16.0. The molecule has 0 saturated carbocycles. The minimum atomic E-state index is -2.59. The van der Waals surface area contributed by atoms with Crippen LogP contribution < -0.4 is 25.6 Å². The summed E-state index contributed by atoms with van der Waals surface area (Å²) >= 11 is 0. The third-order valence-electron chi connectivity index (χ3n) is 11.3. The lowest BCUT2D eigenvalue weighted by atomic mass is 10.0. The Kier molecular flexibility index (Phi) is 8.90. The molecule has 0 saturated heterocycles.